The zero-order chi connectivity index (χ0) is 15.5. The Labute approximate surface area is 131 Å². The highest BCUT2D eigenvalue weighted by Gasteiger charge is 2.11. The molecule has 3 rings (SSSR count). The van der Waals surface area contributed by atoms with Crippen molar-refractivity contribution in [2.45, 2.75) is 5.16 Å². The van der Waals surface area contributed by atoms with E-state index in [1.54, 1.807) is 0 Å². The van der Waals surface area contributed by atoms with E-state index < -0.39 is 0 Å². The molecule has 0 spiro atoms. The quantitative estimate of drug-likeness (QED) is 0.379. The lowest BCUT2D eigenvalue weighted by molar-refractivity contribution is 0.420. The molecule has 2 aromatic heterocycles. The van der Waals surface area contributed by atoms with E-state index in [4.69, 9.17) is 15.3 Å². The standard InChI is InChI=1S/C15H14N4O2S/c1-9(20)8-22-15-17-14(18-19-15)13-6-5-12(21-13)10-3-2-4-11(16)7-10/h2-7,20H,1,8,16H2,(H,17,18,19). The predicted octanol–water partition coefficient (Wildman–Crippen LogP) is 3.48. The molecule has 0 unspecified atom stereocenters. The van der Waals surface area contributed by atoms with Gasteiger partial charge in [-0.3, -0.25) is 0 Å². The molecule has 3 aromatic rings. The number of rotatable bonds is 5. The van der Waals surface area contributed by atoms with Gasteiger partial charge in [0.15, 0.2) is 16.7 Å². The monoisotopic (exact) mass is 314 g/mol. The molecule has 4 N–H and O–H groups in total. The summed E-state index contributed by atoms with van der Waals surface area (Å²) in [5.74, 6) is 2.27. The molecule has 0 saturated heterocycles. The summed E-state index contributed by atoms with van der Waals surface area (Å²) in [4.78, 5) is 3.03. The SMILES string of the molecule is C=C(O)CSc1nnc(-c2ccc(-c3cccc(N)c3)o2)[nH]1. The minimum absolute atomic E-state index is 0.0879. The fourth-order valence-corrected chi connectivity index (χ4v) is 2.46. The number of nitrogens with zero attached hydrogens (tertiary/aromatic N) is 2. The minimum atomic E-state index is 0.0879. The van der Waals surface area contributed by atoms with Crippen LogP contribution < -0.4 is 5.73 Å². The molecule has 2 heterocycles. The number of nitrogens with two attached hydrogens (primary N) is 1. The smallest absolute Gasteiger partial charge is 0.197 e. The molecule has 0 bridgehead atoms. The highest BCUT2D eigenvalue weighted by Crippen LogP contribution is 2.28. The number of furan rings is 1. The van der Waals surface area contributed by atoms with Crippen molar-refractivity contribution in [1.82, 2.24) is 15.2 Å². The summed E-state index contributed by atoms with van der Waals surface area (Å²) in [6, 6.07) is 11.1. The fourth-order valence-electron chi connectivity index (χ4n) is 1.89. The number of aliphatic hydroxyl groups excluding tert-OH is 1. The largest absolute Gasteiger partial charge is 0.512 e. The summed E-state index contributed by atoms with van der Waals surface area (Å²) < 4.78 is 5.78. The molecule has 0 amide bonds. The molecular weight excluding hydrogens is 300 g/mol. The number of nitrogens with one attached hydrogen (secondary N) is 1. The number of benzene rings is 1. The Morgan fingerprint density at radius 1 is 1.27 bits per heavy atom. The van der Waals surface area contributed by atoms with Gasteiger partial charge in [-0.05, 0) is 24.3 Å². The van der Waals surface area contributed by atoms with Crippen molar-refractivity contribution in [3.8, 4) is 22.9 Å². The molecule has 112 valence electrons. The van der Waals surface area contributed by atoms with Gasteiger partial charge in [-0.1, -0.05) is 30.5 Å². The van der Waals surface area contributed by atoms with Crippen molar-refractivity contribution >= 4 is 17.4 Å². The van der Waals surface area contributed by atoms with Crippen LogP contribution >= 0.6 is 11.8 Å². The Morgan fingerprint density at radius 3 is 2.86 bits per heavy atom. The maximum absolute atomic E-state index is 9.08. The van der Waals surface area contributed by atoms with Crippen LogP contribution in [0.1, 0.15) is 0 Å². The summed E-state index contributed by atoms with van der Waals surface area (Å²) in [6.45, 7) is 3.42. The average Bonchev–Trinajstić information content (AvgIpc) is 3.14. The van der Waals surface area contributed by atoms with Crippen LogP contribution in [0, 0.1) is 0 Å². The molecule has 0 aliphatic rings. The second kappa shape index (κ2) is 5.98. The molecule has 0 radical (unpaired) electrons. The van der Waals surface area contributed by atoms with Gasteiger partial charge in [0.05, 0.1) is 11.5 Å². The van der Waals surface area contributed by atoms with Gasteiger partial charge in [0.2, 0.25) is 0 Å². The second-order valence-electron chi connectivity index (χ2n) is 4.62. The topological polar surface area (TPSA) is 101 Å². The van der Waals surface area contributed by atoms with Crippen molar-refractivity contribution < 1.29 is 9.52 Å². The number of thioether (sulfide) groups is 1. The molecule has 0 fully saturated rings. The average molecular weight is 314 g/mol. The normalized spacial score (nSPS) is 10.7. The van der Waals surface area contributed by atoms with Gasteiger partial charge in [-0.25, -0.2) is 0 Å². The highest BCUT2D eigenvalue weighted by atomic mass is 32.2. The second-order valence-corrected chi connectivity index (χ2v) is 5.59. The summed E-state index contributed by atoms with van der Waals surface area (Å²) in [6.07, 6.45) is 0. The minimum Gasteiger partial charge on any atom is -0.512 e. The van der Waals surface area contributed by atoms with E-state index >= 15 is 0 Å². The number of aromatic amines is 1. The third-order valence-corrected chi connectivity index (χ3v) is 3.79. The fraction of sp³-hybridized carbons (Fsp3) is 0.0667. The molecule has 22 heavy (non-hydrogen) atoms. The molecule has 0 aliphatic carbocycles. The lowest BCUT2D eigenvalue weighted by Crippen LogP contribution is -1.84. The van der Waals surface area contributed by atoms with Crippen LogP contribution in [0.15, 0.2) is 58.3 Å². The van der Waals surface area contributed by atoms with Crippen molar-refractivity contribution in [3.63, 3.8) is 0 Å². The summed E-state index contributed by atoms with van der Waals surface area (Å²) in [5.41, 5.74) is 7.35. The van der Waals surface area contributed by atoms with Crippen molar-refractivity contribution in [2.24, 2.45) is 0 Å². The first-order valence-corrected chi connectivity index (χ1v) is 7.49. The Kier molecular flexibility index (Phi) is 3.88. The molecule has 0 atom stereocenters. The molecule has 0 saturated carbocycles. The number of anilines is 1. The lowest BCUT2D eigenvalue weighted by Gasteiger charge is -1.98. The molecule has 6 nitrogen and oxygen atoms in total. The van der Waals surface area contributed by atoms with Crippen molar-refractivity contribution in [1.29, 1.82) is 0 Å². The molecule has 7 heteroatoms. The van der Waals surface area contributed by atoms with Crippen LogP contribution in [0.2, 0.25) is 0 Å². The number of hydrogen-bond donors (Lipinski definition) is 3. The Balaban J connectivity index is 1.80. The number of hydrogen-bond acceptors (Lipinski definition) is 6. The van der Waals surface area contributed by atoms with E-state index in [-0.39, 0.29) is 5.76 Å². The third-order valence-electron chi connectivity index (χ3n) is 2.85. The molecule has 0 aliphatic heterocycles. The van der Waals surface area contributed by atoms with E-state index in [1.807, 2.05) is 36.4 Å². The van der Waals surface area contributed by atoms with Crippen LogP contribution in [-0.4, -0.2) is 26.0 Å². The van der Waals surface area contributed by atoms with Gasteiger partial charge < -0.3 is 20.2 Å². The first kappa shape index (κ1) is 14.3. The van der Waals surface area contributed by atoms with Gasteiger partial charge in [0.1, 0.15) is 5.76 Å². The summed E-state index contributed by atoms with van der Waals surface area (Å²) in [5, 5.41) is 17.7. The van der Waals surface area contributed by atoms with Crippen LogP contribution in [0.5, 0.6) is 0 Å². The van der Waals surface area contributed by atoms with Crippen LogP contribution in [0.25, 0.3) is 22.9 Å². The number of aromatic nitrogens is 3. The van der Waals surface area contributed by atoms with E-state index in [0.29, 0.717) is 33.9 Å². The van der Waals surface area contributed by atoms with E-state index in [1.165, 1.54) is 11.8 Å². The van der Waals surface area contributed by atoms with Crippen molar-refractivity contribution in [3.05, 3.63) is 48.7 Å². The van der Waals surface area contributed by atoms with Gasteiger partial charge in [-0.15, -0.1) is 10.2 Å². The maximum atomic E-state index is 9.08. The van der Waals surface area contributed by atoms with Crippen molar-refractivity contribution in [2.75, 3.05) is 11.5 Å². The van der Waals surface area contributed by atoms with Gasteiger partial charge in [0.25, 0.3) is 0 Å². The maximum Gasteiger partial charge on any atom is 0.197 e. The first-order chi connectivity index (χ1) is 10.6. The lowest BCUT2D eigenvalue weighted by atomic mass is 10.1. The molecular formula is C15H14N4O2S. The predicted molar refractivity (Wildman–Crippen MR) is 86.4 cm³/mol. The van der Waals surface area contributed by atoms with Crippen LogP contribution in [0.4, 0.5) is 5.69 Å². The number of H-pyrrole nitrogens is 1. The van der Waals surface area contributed by atoms with Crippen LogP contribution in [0.3, 0.4) is 0 Å². The van der Waals surface area contributed by atoms with Gasteiger partial charge >= 0.3 is 0 Å². The van der Waals surface area contributed by atoms with Gasteiger partial charge in [-0.2, -0.15) is 0 Å². The van der Waals surface area contributed by atoms with Gasteiger partial charge in [0, 0.05) is 11.3 Å². The Bertz CT molecular complexity index is 809. The molecule has 1 aromatic carbocycles. The van der Waals surface area contributed by atoms with E-state index in [9.17, 15) is 0 Å². The van der Waals surface area contributed by atoms with E-state index in [0.717, 1.165) is 5.56 Å². The summed E-state index contributed by atoms with van der Waals surface area (Å²) in [7, 11) is 0. The number of aliphatic hydroxyl groups is 1. The number of nitrogen functional groups attached to an aromatic ring is 1. The van der Waals surface area contributed by atoms with Crippen LogP contribution in [-0.2, 0) is 0 Å². The first-order valence-electron chi connectivity index (χ1n) is 6.50. The highest BCUT2D eigenvalue weighted by molar-refractivity contribution is 7.99. The Morgan fingerprint density at radius 2 is 2.09 bits per heavy atom. The Hall–Kier alpha value is -2.67. The zero-order valence-corrected chi connectivity index (χ0v) is 12.4. The van der Waals surface area contributed by atoms with E-state index in [2.05, 4.69) is 21.8 Å². The third kappa shape index (κ3) is 3.15. The summed E-state index contributed by atoms with van der Waals surface area (Å²) >= 11 is 1.31. The zero-order valence-electron chi connectivity index (χ0n) is 11.6.